The quantitative estimate of drug-likeness (QED) is 0.219. The van der Waals surface area contributed by atoms with Gasteiger partial charge in [0.25, 0.3) is 5.69 Å². The van der Waals surface area contributed by atoms with Crippen molar-refractivity contribution >= 4 is 41.3 Å². The molecule has 0 unspecified atom stereocenters. The molecule has 2 aromatic rings. The second-order valence-corrected chi connectivity index (χ2v) is 6.50. The Balaban J connectivity index is 0.00000300. The molecule has 1 heterocycles. The van der Waals surface area contributed by atoms with Crippen molar-refractivity contribution in [1.29, 1.82) is 0 Å². The summed E-state index contributed by atoms with van der Waals surface area (Å²) in [5.74, 6) is 1.70. The van der Waals surface area contributed by atoms with E-state index in [4.69, 9.17) is 4.74 Å². The number of guanidine groups is 1. The van der Waals surface area contributed by atoms with E-state index in [1.807, 2.05) is 12.1 Å². The number of nitrogens with one attached hydrogen (secondary N) is 1. The van der Waals surface area contributed by atoms with Gasteiger partial charge in [-0.05, 0) is 17.7 Å². The smallest absolute Gasteiger partial charge is 0.269 e. The minimum atomic E-state index is -0.391. The van der Waals surface area contributed by atoms with Crippen LogP contribution in [0.15, 0.2) is 53.5 Å². The third kappa shape index (κ3) is 5.96. The minimum absolute atomic E-state index is 0. The number of aliphatic imine (C=N–C) groups is 1. The zero-order valence-electron chi connectivity index (χ0n) is 16.6. The minimum Gasteiger partial charge on any atom is -0.497 e. The number of halogens is 1. The van der Waals surface area contributed by atoms with E-state index in [9.17, 15) is 10.1 Å². The number of ether oxygens (including phenoxy) is 1. The van der Waals surface area contributed by atoms with Crippen LogP contribution in [0.4, 0.5) is 11.4 Å². The highest BCUT2D eigenvalue weighted by atomic mass is 127. The lowest BCUT2D eigenvalue weighted by molar-refractivity contribution is -0.384. The Morgan fingerprint density at radius 3 is 2.45 bits per heavy atom. The molecule has 29 heavy (non-hydrogen) atoms. The van der Waals surface area contributed by atoms with Crippen molar-refractivity contribution < 1.29 is 9.66 Å². The maximum atomic E-state index is 10.7. The van der Waals surface area contributed by atoms with E-state index in [0.29, 0.717) is 6.54 Å². The number of nitro benzene ring substituents is 1. The van der Waals surface area contributed by atoms with Crippen molar-refractivity contribution in [2.45, 2.75) is 6.54 Å². The van der Waals surface area contributed by atoms with Crippen LogP contribution in [0, 0.1) is 10.1 Å². The first-order valence-corrected chi connectivity index (χ1v) is 9.18. The van der Waals surface area contributed by atoms with Crippen LogP contribution in [0.3, 0.4) is 0 Å². The molecule has 0 saturated carbocycles. The van der Waals surface area contributed by atoms with Gasteiger partial charge in [0, 0.05) is 63.7 Å². The van der Waals surface area contributed by atoms with Crippen molar-refractivity contribution in [3.63, 3.8) is 0 Å². The first kappa shape index (κ1) is 22.7. The lowest BCUT2D eigenvalue weighted by Gasteiger charge is -2.37. The Hall–Kier alpha value is -2.56. The molecule has 1 N–H and O–H groups in total. The van der Waals surface area contributed by atoms with Crippen LogP contribution in [0.1, 0.15) is 5.56 Å². The molecule has 0 amide bonds. The summed E-state index contributed by atoms with van der Waals surface area (Å²) in [5.41, 5.74) is 2.23. The van der Waals surface area contributed by atoms with E-state index in [1.165, 1.54) is 12.1 Å². The summed E-state index contributed by atoms with van der Waals surface area (Å²) in [6.45, 7) is 4.08. The Morgan fingerprint density at radius 2 is 1.86 bits per heavy atom. The largest absolute Gasteiger partial charge is 0.497 e. The summed E-state index contributed by atoms with van der Waals surface area (Å²) < 4.78 is 5.31. The second kappa shape index (κ2) is 10.8. The number of hydrogen-bond donors (Lipinski definition) is 1. The molecule has 9 heteroatoms. The zero-order chi connectivity index (χ0) is 19.9. The summed E-state index contributed by atoms with van der Waals surface area (Å²) in [5, 5.41) is 14.1. The topological polar surface area (TPSA) is 83.2 Å². The Morgan fingerprint density at radius 1 is 1.17 bits per heavy atom. The van der Waals surface area contributed by atoms with Gasteiger partial charge < -0.3 is 19.9 Å². The molecular weight excluding hydrogens is 485 g/mol. The predicted octanol–water partition coefficient (Wildman–Crippen LogP) is 3.12. The van der Waals surface area contributed by atoms with Gasteiger partial charge in [0.05, 0.1) is 12.0 Å². The van der Waals surface area contributed by atoms with Crippen LogP contribution in [-0.2, 0) is 6.54 Å². The molecule has 0 bridgehead atoms. The molecule has 1 aliphatic rings. The molecule has 0 radical (unpaired) electrons. The maximum Gasteiger partial charge on any atom is 0.269 e. The standard InChI is InChI=1S/C20H25N5O3.HI/c1-21-20(22-15-16-6-8-17(9-7-16)25(26)27)24-12-10-23(11-13-24)18-4-3-5-19(14-18)28-2;/h3-9,14H,10-13,15H2,1-2H3,(H,21,22);1H. The molecule has 0 aliphatic carbocycles. The third-order valence-corrected chi connectivity index (χ3v) is 4.81. The van der Waals surface area contributed by atoms with Crippen LogP contribution < -0.4 is 15.0 Å². The molecule has 1 saturated heterocycles. The fourth-order valence-corrected chi connectivity index (χ4v) is 3.23. The fourth-order valence-electron chi connectivity index (χ4n) is 3.23. The molecular formula is C20H26IN5O3. The third-order valence-electron chi connectivity index (χ3n) is 4.81. The average Bonchev–Trinajstić information content (AvgIpc) is 2.75. The molecule has 8 nitrogen and oxygen atoms in total. The van der Waals surface area contributed by atoms with Crippen LogP contribution in [-0.4, -0.2) is 56.1 Å². The van der Waals surface area contributed by atoms with Crippen molar-refractivity contribution in [1.82, 2.24) is 10.2 Å². The summed E-state index contributed by atoms with van der Waals surface area (Å²) in [6.07, 6.45) is 0. The monoisotopic (exact) mass is 511 g/mol. The number of non-ortho nitro benzene ring substituents is 1. The summed E-state index contributed by atoms with van der Waals surface area (Å²) in [6, 6.07) is 14.7. The Bertz CT molecular complexity index is 836. The normalized spacial score (nSPS) is 14.2. The van der Waals surface area contributed by atoms with Crippen LogP contribution in [0.2, 0.25) is 0 Å². The molecule has 3 rings (SSSR count). The van der Waals surface area contributed by atoms with Crippen molar-refractivity contribution in [2.75, 3.05) is 45.2 Å². The lowest BCUT2D eigenvalue weighted by Crippen LogP contribution is -2.52. The summed E-state index contributed by atoms with van der Waals surface area (Å²) in [4.78, 5) is 19.3. The molecule has 1 fully saturated rings. The van der Waals surface area contributed by atoms with Crippen molar-refractivity contribution in [2.24, 2.45) is 4.99 Å². The van der Waals surface area contributed by atoms with Gasteiger partial charge in [0.2, 0.25) is 0 Å². The van der Waals surface area contributed by atoms with Crippen molar-refractivity contribution in [3.05, 3.63) is 64.2 Å². The zero-order valence-corrected chi connectivity index (χ0v) is 18.9. The van der Waals surface area contributed by atoms with Gasteiger partial charge in [-0.25, -0.2) is 0 Å². The highest BCUT2D eigenvalue weighted by Crippen LogP contribution is 2.22. The van der Waals surface area contributed by atoms with Crippen LogP contribution in [0.25, 0.3) is 0 Å². The lowest BCUT2D eigenvalue weighted by atomic mass is 10.2. The first-order chi connectivity index (χ1) is 13.6. The Labute approximate surface area is 187 Å². The summed E-state index contributed by atoms with van der Waals surface area (Å²) >= 11 is 0. The number of piperazine rings is 1. The molecule has 0 spiro atoms. The Kier molecular flexibility index (Phi) is 8.50. The average molecular weight is 511 g/mol. The molecule has 1 aliphatic heterocycles. The van der Waals surface area contributed by atoms with E-state index in [0.717, 1.165) is 49.1 Å². The summed E-state index contributed by atoms with van der Waals surface area (Å²) in [7, 11) is 3.45. The number of anilines is 1. The number of nitro groups is 1. The number of rotatable bonds is 5. The molecule has 156 valence electrons. The van der Waals surface area contributed by atoms with Crippen LogP contribution in [0.5, 0.6) is 5.75 Å². The first-order valence-electron chi connectivity index (χ1n) is 9.18. The number of nitrogens with zero attached hydrogens (tertiary/aromatic N) is 4. The highest BCUT2D eigenvalue weighted by Gasteiger charge is 2.20. The fraction of sp³-hybridized carbons (Fsp3) is 0.350. The number of hydrogen-bond acceptors (Lipinski definition) is 5. The van der Waals surface area contributed by atoms with E-state index >= 15 is 0 Å². The van der Waals surface area contributed by atoms with Gasteiger partial charge in [-0.1, -0.05) is 18.2 Å². The number of methoxy groups -OCH3 is 1. The predicted molar refractivity (Wildman–Crippen MR) is 125 cm³/mol. The maximum absolute atomic E-state index is 10.7. The molecule has 0 aromatic heterocycles. The van der Waals surface area contributed by atoms with E-state index < -0.39 is 4.92 Å². The molecule has 0 atom stereocenters. The second-order valence-electron chi connectivity index (χ2n) is 6.50. The van der Waals surface area contributed by atoms with Crippen molar-refractivity contribution in [3.8, 4) is 5.75 Å². The van der Waals surface area contributed by atoms with Gasteiger partial charge in [0.1, 0.15) is 5.75 Å². The van der Waals surface area contributed by atoms with Crippen LogP contribution >= 0.6 is 24.0 Å². The molecule has 2 aromatic carbocycles. The van der Waals surface area contributed by atoms with Gasteiger partial charge in [-0.3, -0.25) is 15.1 Å². The van der Waals surface area contributed by atoms with E-state index in [-0.39, 0.29) is 29.7 Å². The van der Waals surface area contributed by atoms with E-state index in [2.05, 4.69) is 32.2 Å². The highest BCUT2D eigenvalue weighted by molar-refractivity contribution is 14.0. The van der Waals surface area contributed by atoms with E-state index in [1.54, 1.807) is 26.3 Å². The number of benzene rings is 2. The van der Waals surface area contributed by atoms with Gasteiger partial charge in [0.15, 0.2) is 5.96 Å². The van der Waals surface area contributed by atoms with Gasteiger partial charge in [-0.2, -0.15) is 0 Å². The van der Waals surface area contributed by atoms with Gasteiger partial charge >= 0.3 is 0 Å². The SMILES string of the molecule is CN=C(NCc1ccc([N+](=O)[O-])cc1)N1CCN(c2cccc(OC)c2)CC1.I. The van der Waals surface area contributed by atoms with Gasteiger partial charge in [-0.15, -0.1) is 24.0 Å².